The second-order valence-corrected chi connectivity index (χ2v) is 6.28. The van der Waals surface area contributed by atoms with Gasteiger partial charge in [-0.1, -0.05) is 42.5 Å². The van der Waals surface area contributed by atoms with Crippen LogP contribution in [0.2, 0.25) is 0 Å². The Balaban J connectivity index is 1.85. The van der Waals surface area contributed by atoms with E-state index in [0.717, 1.165) is 22.3 Å². The fourth-order valence-corrected chi connectivity index (χ4v) is 3.35. The predicted octanol–water partition coefficient (Wildman–Crippen LogP) is 4.48. The summed E-state index contributed by atoms with van der Waals surface area (Å²) in [4.78, 5) is 13.3. The topological polar surface area (TPSA) is 70.6 Å². The molecule has 2 aromatic heterocycles. The first kappa shape index (κ1) is 17.6. The van der Waals surface area contributed by atoms with Gasteiger partial charge in [0.25, 0.3) is 0 Å². The van der Waals surface area contributed by atoms with Gasteiger partial charge in [-0.2, -0.15) is 10.4 Å². The highest BCUT2D eigenvalue weighted by atomic mass is 16.5. The van der Waals surface area contributed by atoms with Gasteiger partial charge in [0.1, 0.15) is 0 Å². The van der Waals surface area contributed by atoms with Crippen LogP contribution in [0.25, 0.3) is 16.8 Å². The molecule has 1 unspecified atom stereocenters. The average Bonchev–Trinajstić information content (AvgIpc) is 3.13. The Morgan fingerprint density at radius 3 is 2.75 bits per heavy atom. The van der Waals surface area contributed by atoms with E-state index in [2.05, 4.69) is 6.07 Å². The number of nitriles is 1. The van der Waals surface area contributed by atoms with E-state index in [-0.39, 0.29) is 12.5 Å². The zero-order chi connectivity index (χ0) is 19.5. The van der Waals surface area contributed by atoms with Gasteiger partial charge in [0, 0.05) is 35.6 Å². The third-order valence-electron chi connectivity index (χ3n) is 4.60. The molecule has 0 saturated carbocycles. The number of benzene rings is 1. The van der Waals surface area contributed by atoms with Gasteiger partial charge >= 0.3 is 6.09 Å². The minimum absolute atomic E-state index is 0.272. The Morgan fingerprint density at radius 1 is 1.21 bits per heavy atom. The van der Waals surface area contributed by atoms with E-state index in [0.29, 0.717) is 5.57 Å². The van der Waals surface area contributed by atoms with Crippen molar-refractivity contribution >= 4 is 11.6 Å². The Morgan fingerprint density at radius 2 is 2.00 bits per heavy atom. The van der Waals surface area contributed by atoms with Gasteiger partial charge in [-0.3, -0.25) is 4.90 Å². The number of carbonyl (C=O) groups is 1. The van der Waals surface area contributed by atoms with Gasteiger partial charge in [-0.15, -0.1) is 0 Å². The maximum Gasteiger partial charge on any atom is 0.417 e. The van der Waals surface area contributed by atoms with Gasteiger partial charge in [-0.25, -0.2) is 9.31 Å². The first-order valence-electron chi connectivity index (χ1n) is 9.01. The lowest BCUT2D eigenvalue weighted by molar-refractivity contribution is 0.133. The molecule has 1 atom stereocenters. The fourth-order valence-electron chi connectivity index (χ4n) is 3.35. The van der Waals surface area contributed by atoms with Gasteiger partial charge in [0.05, 0.1) is 29.5 Å². The Bertz CT molecular complexity index is 1120. The molecule has 28 heavy (non-hydrogen) atoms. The van der Waals surface area contributed by atoms with E-state index >= 15 is 0 Å². The van der Waals surface area contributed by atoms with Crippen molar-refractivity contribution in [2.24, 2.45) is 0 Å². The number of rotatable bonds is 3. The van der Waals surface area contributed by atoms with Crippen molar-refractivity contribution in [3.8, 4) is 17.3 Å². The molecular weight excluding hydrogens is 352 g/mol. The summed E-state index contributed by atoms with van der Waals surface area (Å²) in [6.45, 7) is 2.02. The molecule has 1 amide bonds. The first-order chi connectivity index (χ1) is 13.7. The van der Waals surface area contributed by atoms with Crippen LogP contribution >= 0.6 is 0 Å². The molecule has 1 aromatic carbocycles. The van der Waals surface area contributed by atoms with Crippen LogP contribution in [0.1, 0.15) is 18.4 Å². The highest BCUT2D eigenvalue weighted by molar-refractivity contribution is 5.77. The van der Waals surface area contributed by atoms with Crippen LogP contribution in [0.15, 0.2) is 78.8 Å². The normalized spacial score (nSPS) is 15.9. The summed E-state index contributed by atoms with van der Waals surface area (Å²) in [5.41, 5.74) is 4.08. The van der Waals surface area contributed by atoms with Crippen LogP contribution < -0.4 is 0 Å². The van der Waals surface area contributed by atoms with E-state index in [9.17, 15) is 10.1 Å². The molecule has 0 saturated heterocycles. The average molecular weight is 370 g/mol. The van der Waals surface area contributed by atoms with Crippen LogP contribution in [0.3, 0.4) is 0 Å². The third-order valence-corrected chi connectivity index (χ3v) is 4.60. The van der Waals surface area contributed by atoms with Crippen LogP contribution in [0.5, 0.6) is 0 Å². The molecule has 6 nitrogen and oxygen atoms in total. The molecule has 0 aliphatic carbocycles. The lowest BCUT2D eigenvalue weighted by Gasteiger charge is -2.22. The van der Waals surface area contributed by atoms with Crippen LogP contribution in [0.4, 0.5) is 4.79 Å². The van der Waals surface area contributed by atoms with E-state index in [1.54, 1.807) is 13.1 Å². The lowest BCUT2D eigenvalue weighted by atomic mass is 9.88. The molecule has 0 bridgehead atoms. The van der Waals surface area contributed by atoms with E-state index in [1.807, 2.05) is 65.3 Å². The molecule has 6 heteroatoms. The van der Waals surface area contributed by atoms with Gasteiger partial charge in [0.15, 0.2) is 0 Å². The van der Waals surface area contributed by atoms with Crippen molar-refractivity contribution in [1.82, 2.24) is 14.5 Å². The quantitative estimate of drug-likeness (QED) is 0.682. The minimum Gasteiger partial charge on any atom is -0.449 e. The Labute approximate surface area is 162 Å². The summed E-state index contributed by atoms with van der Waals surface area (Å²) in [6.07, 6.45) is 6.40. The zero-order valence-corrected chi connectivity index (χ0v) is 15.3. The van der Waals surface area contributed by atoms with E-state index in [1.165, 1.54) is 11.1 Å². The van der Waals surface area contributed by atoms with Crippen molar-refractivity contribution in [3.63, 3.8) is 0 Å². The summed E-state index contributed by atoms with van der Waals surface area (Å²) in [5.74, 6) is -0.314. The molecule has 3 aromatic rings. The van der Waals surface area contributed by atoms with Crippen molar-refractivity contribution in [2.75, 3.05) is 6.61 Å². The number of hydrogen-bond acceptors (Lipinski definition) is 4. The van der Waals surface area contributed by atoms with Crippen molar-refractivity contribution in [1.29, 1.82) is 5.26 Å². The van der Waals surface area contributed by atoms with Crippen molar-refractivity contribution in [3.05, 3.63) is 84.3 Å². The number of fused-ring (bicyclic) bond motifs is 1. The van der Waals surface area contributed by atoms with E-state index in [4.69, 9.17) is 9.84 Å². The highest BCUT2D eigenvalue weighted by Gasteiger charge is 2.28. The molecule has 0 fully saturated rings. The number of nitrogens with zero attached hydrogens (tertiary/aromatic N) is 4. The molecular formula is C22H18N4O2. The van der Waals surface area contributed by atoms with Crippen LogP contribution in [-0.2, 0) is 4.74 Å². The molecule has 1 aliphatic rings. The smallest absolute Gasteiger partial charge is 0.417 e. The third kappa shape index (κ3) is 3.03. The number of pyridine rings is 1. The second-order valence-electron chi connectivity index (χ2n) is 6.28. The number of hydrogen-bond donors (Lipinski definition) is 0. The number of aromatic nitrogens is 2. The summed E-state index contributed by atoms with van der Waals surface area (Å²) in [6, 6.07) is 18.0. The summed E-state index contributed by atoms with van der Waals surface area (Å²) in [5, 5.41) is 14.5. The first-order valence-corrected chi connectivity index (χ1v) is 9.01. The lowest BCUT2D eigenvalue weighted by Crippen LogP contribution is -2.24. The van der Waals surface area contributed by atoms with E-state index < -0.39 is 6.09 Å². The molecule has 0 spiro atoms. The van der Waals surface area contributed by atoms with Crippen LogP contribution in [-0.4, -0.2) is 27.2 Å². The largest absolute Gasteiger partial charge is 0.449 e. The zero-order valence-electron chi connectivity index (χ0n) is 15.3. The number of ether oxygens (including phenoxy) is 1. The summed E-state index contributed by atoms with van der Waals surface area (Å²) >= 11 is 0. The maximum absolute atomic E-state index is 12.0. The molecule has 0 N–H and O–H groups in total. The Hall–Kier alpha value is -3.85. The highest BCUT2D eigenvalue weighted by Crippen LogP contribution is 2.38. The molecule has 1 aliphatic heterocycles. The molecule has 4 rings (SSSR count). The number of carbonyl (C=O) groups excluding carboxylic acids is 1. The van der Waals surface area contributed by atoms with Gasteiger partial charge in [-0.05, 0) is 19.1 Å². The fraction of sp³-hybridized carbons (Fsp3) is 0.136. The monoisotopic (exact) mass is 370 g/mol. The van der Waals surface area contributed by atoms with Gasteiger partial charge in [0.2, 0.25) is 0 Å². The van der Waals surface area contributed by atoms with Crippen molar-refractivity contribution < 1.29 is 9.53 Å². The minimum atomic E-state index is -0.506. The van der Waals surface area contributed by atoms with Crippen molar-refractivity contribution in [2.45, 2.75) is 12.8 Å². The molecule has 3 heterocycles. The summed E-state index contributed by atoms with van der Waals surface area (Å²) in [7, 11) is 0. The molecule has 138 valence electrons. The number of allylic oxidation sites excluding steroid dienone is 2. The Kier molecular flexibility index (Phi) is 4.65. The predicted molar refractivity (Wildman–Crippen MR) is 105 cm³/mol. The van der Waals surface area contributed by atoms with Crippen LogP contribution in [0, 0.1) is 11.3 Å². The van der Waals surface area contributed by atoms with Gasteiger partial charge < -0.3 is 4.74 Å². The second kappa shape index (κ2) is 7.41. The summed E-state index contributed by atoms with van der Waals surface area (Å²) < 4.78 is 6.85. The number of amides is 1. The SMILES string of the molecule is CCOC(=O)N1C=CC(c2c(-c3ccccc3)nn3ccccc23)C(C#N)=C1. The standard InChI is InChI=1S/C22H18N4O2/c1-2-28-22(27)25-13-11-18(17(14-23)15-25)20-19-10-6-7-12-26(19)24-21(20)16-8-4-3-5-9-16/h3-13,15,18H,2H2,1H3. The maximum atomic E-state index is 12.0. The molecule has 0 radical (unpaired) electrons.